The number of hydrogen-bond donors (Lipinski definition) is 1. The van der Waals surface area contributed by atoms with Crippen molar-refractivity contribution in [3.63, 3.8) is 0 Å². The predicted octanol–water partition coefficient (Wildman–Crippen LogP) is 3.70. The lowest BCUT2D eigenvalue weighted by Gasteiger charge is -2.13. The van der Waals surface area contributed by atoms with Crippen molar-refractivity contribution in [3.05, 3.63) is 69.6 Å². The Bertz CT molecular complexity index is 1080. The summed E-state index contributed by atoms with van der Waals surface area (Å²) in [7, 11) is -3.28. The van der Waals surface area contributed by atoms with E-state index in [0.717, 1.165) is 17.6 Å². The van der Waals surface area contributed by atoms with Gasteiger partial charge >= 0.3 is 0 Å². The molecule has 1 atom stereocenters. The highest BCUT2D eigenvalue weighted by atomic mass is 32.2. The number of pyridine rings is 1. The van der Waals surface area contributed by atoms with E-state index in [1.807, 2.05) is 32.1 Å². The van der Waals surface area contributed by atoms with Crippen LogP contribution in [0.5, 0.6) is 0 Å². The largest absolute Gasteiger partial charge is 0.322 e. The lowest BCUT2D eigenvalue weighted by Crippen LogP contribution is -2.15. The van der Waals surface area contributed by atoms with E-state index in [4.69, 9.17) is 0 Å². The second-order valence-electron chi connectivity index (χ2n) is 7.73. The van der Waals surface area contributed by atoms with Gasteiger partial charge in [0, 0.05) is 35.9 Å². The summed E-state index contributed by atoms with van der Waals surface area (Å²) in [6.07, 6.45) is 5.06. The van der Waals surface area contributed by atoms with Crippen LogP contribution in [0.3, 0.4) is 0 Å². The minimum absolute atomic E-state index is 0.116. The van der Waals surface area contributed by atoms with Gasteiger partial charge in [0.25, 0.3) is 5.56 Å². The van der Waals surface area contributed by atoms with Crippen LogP contribution in [0, 0.1) is 5.92 Å². The molecule has 0 saturated heterocycles. The van der Waals surface area contributed by atoms with Gasteiger partial charge in [-0.25, -0.2) is 8.42 Å². The highest BCUT2D eigenvalue weighted by Gasteiger charge is 2.22. The van der Waals surface area contributed by atoms with E-state index in [2.05, 4.69) is 4.98 Å². The molecule has 0 bridgehead atoms. The minimum atomic E-state index is -3.28. The van der Waals surface area contributed by atoms with E-state index in [-0.39, 0.29) is 28.1 Å². The fourth-order valence-corrected chi connectivity index (χ4v) is 4.17. The van der Waals surface area contributed by atoms with Gasteiger partial charge in [-0.3, -0.25) is 9.59 Å². The average molecular weight is 400 g/mol. The van der Waals surface area contributed by atoms with Gasteiger partial charge in [0.15, 0.2) is 9.84 Å². The van der Waals surface area contributed by atoms with Gasteiger partial charge in [-0.15, -0.1) is 0 Å². The first-order valence-electron chi connectivity index (χ1n) is 9.42. The fourth-order valence-electron chi connectivity index (χ4n) is 3.54. The Hall–Kier alpha value is -2.47. The Morgan fingerprint density at radius 3 is 2.29 bits per heavy atom. The van der Waals surface area contributed by atoms with Crippen LogP contribution in [-0.2, 0) is 14.6 Å². The third-order valence-electron chi connectivity index (χ3n) is 5.13. The number of carbonyl (C=O) groups is 1. The molecule has 0 unspecified atom stereocenters. The Kier molecular flexibility index (Phi) is 5.70. The van der Waals surface area contributed by atoms with Crippen molar-refractivity contribution in [1.82, 2.24) is 4.98 Å². The van der Waals surface area contributed by atoms with Crippen molar-refractivity contribution < 1.29 is 13.2 Å². The number of H-pyrrole nitrogens is 1. The minimum Gasteiger partial charge on any atom is -0.322 e. The summed E-state index contributed by atoms with van der Waals surface area (Å²) < 4.78 is 23.5. The van der Waals surface area contributed by atoms with Gasteiger partial charge in [0.1, 0.15) is 5.78 Å². The molecule has 1 aromatic carbocycles. The number of sulfone groups is 1. The van der Waals surface area contributed by atoms with E-state index in [9.17, 15) is 18.0 Å². The van der Waals surface area contributed by atoms with Crippen LogP contribution in [0.2, 0.25) is 0 Å². The average Bonchev–Trinajstić information content (AvgIpc) is 3.03. The number of aromatic amines is 1. The summed E-state index contributed by atoms with van der Waals surface area (Å²) in [6.45, 7) is 3.93. The lowest BCUT2D eigenvalue weighted by molar-refractivity contribution is -0.117. The maximum atomic E-state index is 12.5. The van der Waals surface area contributed by atoms with E-state index in [0.29, 0.717) is 24.1 Å². The molecule has 2 aromatic rings. The smallest absolute Gasteiger partial charge is 0.251 e. The molecule has 0 spiro atoms. The summed E-state index contributed by atoms with van der Waals surface area (Å²) >= 11 is 0. The number of nitrogens with one attached hydrogen (secondary N) is 1. The predicted molar refractivity (Wildman–Crippen MR) is 110 cm³/mol. The van der Waals surface area contributed by atoms with Crippen LogP contribution in [0.25, 0.3) is 5.57 Å². The third kappa shape index (κ3) is 4.50. The number of carbonyl (C=O) groups excluding carboxylic acids is 1. The molecule has 1 N–H and O–H groups in total. The number of allylic oxidation sites excluding steroid dienone is 1. The van der Waals surface area contributed by atoms with Crippen LogP contribution in [0.4, 0.5) is 0 Å². The molecule has 0 radical (unpaired) electrons. The molecule has 1 fully saturated rings. The SMILES string of the molecule is CC(C)c1ccc(C(=C[C@H]2CCC(=O)C2)c2ccc(S(C)(=O)=O)cc2)[nH]c1=O. The third-order valence-corrected chi connectivity index (χ3v) is 6.26. The monoisotopic (exact) mass is 399 g/mol. The maximum Gasteiger partial charge on any atom is 0.251 e. The van der Waals surface area contributed by atoms with E-state index in [1.54, 1.807) is 24.3 Å². The molecule has 148 valence electrons. The normalized spacial score (nSPS) is 18.1. The van der Waals surface area contributed by atoms with Crippen molar-refractivity contribution in [1.29, 1.82) is 0 Å². The lowest BCUT2D eigenvalue weighted by atomic mass is 9.95. The first kappa shape index (κ1) is 20.3. The summed E-state index contributed by atoms with van der Waals surface area (Å²) in [6, 6.07) is 10.3. The van der Waals surface area contributed by atoms with Crippen molar-refractivity contribution in [2.45, 2.75) is 43.9 Å². The van der Waals surface area contributed by atoms with Gasteiger partial charge in [-0.05, 0) is 42.0 Å². The van der Waals surface area contributed by atoms with Gasteiger partial charge < -0.3 is 4.98 Å². The number of hydrogen-bond acceptors (Lipinski definition) is 4. The quantitative estimate of drug-likeness (QED) is 0.831. The zero-order valence-electron chi connectivity index (χ0n) is 16.4. The fraction of sp³-hybridized carbons (Fsp3) is 0.364. The number of benzene rings is 1. The second-order valence-corrected chi connectivity index (χ2v) is 9.75. The number of aromatic nitrogens is 1. The topological polar surface area (TPSA) is 84.1 Å². The van der Waals surface area contributed by atoms with Crippen LogP contribution >= 0.6 is 0 Å². The van der Waals surface area contributed by atoms with Crippen molar-refractivity contribution >= 4 is 21.2 Å². The van der Waals surface area contributed by atoms with Crippen molar-refractivity contribution in [3.8, 4) is 0 Å². The molecular weight excluding hydrogens is 374 g/mol. The van der Waals surface area contributed by atoms with Gasteiger partial charge in [-0.2, -0.15) is 0 Å². The molecule has 1 aromatic heterocycles. The molecule has 0 amide bonds. The Morgan fingerprint density at radius 1 is 1.11 bits per heavy atom. The zero-order valence-corrected chi connectivity index (χ0v) is 17.2. The first-order chi connectivity index (χ1) is 13.1. The Labute approximate surface area is 165 Å². The van der Waals surface area contributed by atoms with Crippen LogP contribution in [0.15, 0.2) is 52.2 Å². The standard InChI is InChI=1S/C22H25NO4S/c1-14(2)19-10-11-21(23-22(19)25)20(13-15-4-7-17(24)12-15)16-5-8-18(9-6-16)28(3,26)27/h5-6,8-11,13-15H,4,7,12H2,1-3H3,(H,23,25)/t15-/m0/s1. The maximum absolute atomic E-state index is 12.5. The highest BCUT2D eigenvalue weighted by molar-refractivity contribution is 7.90. The number of rotatable bonds is 5. The summed E-state index contributed by atoms with van der Waals surface area (Å²) in [5.74, 6) is 0.480. The zero-order chi connectivity index (χ0) is 20.5. The summed E-state index contributed by atoms with van der Waals surface area (Å²) in [5, 5.41) is 0. The number of Topliss-reactive ketones (excluding diaryl/α,β-unsaturated/α-hetero) is 1. The molecule has 6 heteroatoms. The van der Waals surface area contributed by atoms with Gasteiger partial charge in [0.05, 0.1) is 4.90 Å². The molecular formula is C22H25NO4S. The highest BCUT2D eigenvalue weighted by Crippen LogP contribution is 2.30. The van der Waals surface area contributed by atoms with Gasteiger partial charge in [-0.1, -0.05) is 38.1 Å². The number of ketones is 1. The van der Waals surface area contributed by atoms with Crippen LogP contribution in [-0.4, -0.2) is 25.4 Å². The molecule has 1 aliphatic carbocycles. The Balaban J connectivity index is 2.08. The van der Waals surface area contributed by atoms with E-state index in [1.165, 1.54) is 6.26 Å². The summed E-state index contributed by atoms with van der Waals surface area (Å²) in [5.41, 5.74) is 2.87. The van der Waals surface area contributed by atoms with Gasteiger partial charge in [0.2, 0.25) is 0 Å². The molecule has 5 nitrogen and oxygen atoms in total. The molecule has 1 saturated carbocycles. The molecule has 0 aliphatic heterocycles. The van der Waals surface area contributed by atoms with Crippen LogP contribution < -0.4 is 5.56 Å². The summed E-state index contributed by atoms with van der Waals surface area (Å²) in [4.78, 5) is 27.4. The second kappa shape index (κ2) is 7.87. The molecule has 28 heavy (non-hydrogen) atoms. The molecule has 1 aliphatic rings. The van der Waals surface area contributed by atoms with Crippen molar-refractivity contribution in [2.75, 3.05) is 6.26 Å². The molecule has 3 rings (SSSR count). The first-order valence-corrected chi connectivity index (χ1v) is 11.3. The van der Waals surface area contributed by atoms with E-state index >= 15 is 0 Å². The Morgan fingerprint density at radius 2 is 1.79 bits per heavy atom. The van der Waals surface area contributed by atoms with Crippen molar-refractivity contribution in [2.24, 2.45) is 5.92 Å². The van der Waals surface area contributed by atoms with E-state index < -0.39 is 9.84 Å². The van der Waals surface area contributed by atoms with Crippen LogP contribution in [0.1, 0.15) is 55.8 Å². The molecule has 1 heterocycles.